The average Bonchev–Trinajstić information content (AvgIpc) is 3.45. The zero-order valence-electron chi connectivity index (χ0n) is 22.8. The van der Waals surface area contributed by atoms with Crippen molar-refractivity contribution >= 4 is 87.0 Å². The fraction of sp³-hybridized carbons (Fsp3) is 0.235. The number of allylic oxidation sites excluding steroid dienone is 4. The van der Waals surface area contributed by atoms with Crippen LogP contribution in [0.3, 0.4) is 0 Å². The molecular weight excluding hydrogens is 642 g/mol. The predicted molar refractivity (Wildman–Crippen MR) is 169 cm³/mol. The van der Waals surface area contributed by atoms with E-state index in [0.717, 1.165) is 16.7 Å². The van der Waals surface area contributed by atoms with Crippen molar-refractivity contribution in [3.05, 3.63) is 110 Å². The van der Waals surface area contributed by atoms with E-state index in [1.807, 2.05) is 42.5 Å². The molecule has 9 rings (SSSR count). The number of carbonyl (C=O) groups excluding carboxylic acids is 4. The Kier molecular flexibility index (Phi) is 6.41. The minimum absolute atomic E-state index is 0.239. The van der Waals surface area contributed by atoms with Crippen LogP contribution >= 0.6 is 46.4 Å². The van der Waals surface area contributed by atoms with Crippen LogP contribution in [0.2, 0.25) is 20.1 Å². The van der Waals surface area contributed by atoms with E-state index in [2.05, 4.69) is 0 Å². The van der Waals surface area contributed by atoms with Gasteiger partial charge in [-0.15, -0.1) is 0 Å². The molecule has 6 nitrogen and oxygen atoms in total. The van der Waals surface area contributed by atoms with Gasteiger partial charge in [0.1, 0.15) is 0 Å². The third-order valence-electron chi connectivity index (χ3n) is 9.95. The number of carbonyl (C=O) groups is 4. The number of nitrogens with zero attached hydrogens (tertiary/aromatic N) is 2. The Morgan fingerprint density at radius 3 is 1.75 bits per heavy atom. The summed E-state index contributed by atoms with van der Waals surface area (Å²) in [7, 11) is 0. The summed E-state index contributed by atoms with van der Waals surface area (Å²) in [5.41, 5.74) is 3.59. The smallest absolute Gasteiger partial charge is 0.238 e. The fourth-order valence-corrected chi connectivity index (χ4v) is 8.86. The molecule has 2 saturated heterocycles. The van der Waals surface area contributed by atoms with Gasteiger partial charge >= 0.3 is 0 Å². The number of fused-ring (bicyclic) bond motifs is 1. The highest BCUT2D eigenvalue weighted by atomic mass is 35.5. The van der Waals surface area contributed by atoms with Gasteiger partial charge in [0.05, 0.1) is 55.1 Å². The zero-order valence-corrected chi connectivity index (χ0v) is 25.8. The molecule has 4 amide bonds. The lowest BCUT2D eigenvalue weighted by Gasteiger charge is -2.51. The number of rotatable bonds is 3. The van der Waals surface area contributed by atoms with Gasteiger partial charge in [-0.05, 0) is 59.9 Å². The van der Waals surface area contributed by atoms with Gasteiger partial charge in [-0.25, -0.2) is 9.80 Å². The highest BCUT2D eigenvalue weighted by molar-refractivity contribution is 6.43. The van der Waals surface area contributed by atoms with E-state index in [9.17, 15) is 19.2 Å². The molecule has 3 aromatic rings. The molecule has 3 aromatic carbocycles. The van der Waals surface area contributed by atoms with E-state index < -0.39 is 41.4 Å². The number of halogens is 4. The van der Waals surface area contributed by atoms with E-state index >= 15 is 0 Å². The molecule has 0 N–H and O–H groups in total. The average molecular weight is 664 g/mol. The van der Waals surface area contributed by atoms with Crippen LogP contribution in [-0.2, 0) is 19.2 Å². The Morgan fingerprint density at radius 2 is 1.14 bits per heavy atom. The van der Waals surface area contributed by atoms with E-state index in [1.54, 1.807) is 24.3 Å². The summed E-state index contributed by atoms with van der Waals surface area (Å²) in [6, 6.07) is 19.2. The van der Waals surface area contributed by atoms with Crippen LogP contribution < -0.4 is 9.80 Å². The lowest BCUT2D eigenvalue weighted by atomic mass is 9.49. The molecule has 0 spiro atoms. The Labute approximate surface area is 272 Å². The number of hydrogen-bond acceptors (Lipinski definition) is 4. The van der Waals surface area contributed by atoms with Gasteiger partial charge in [0, 0.05) is 11.8 Å². The minimum Gasteiger partial charge on any atom is -0.274 e. The molecule has 7 atom stereocenters. The van der Waals surface area contributed by atoms with Gasteiger partial charge < -0.3 is 0 Å². The third kappa shape index (κ3) is 3.81. The highest BCUT2D eigenvalue weighted by Gasteiger charge is 2.67. The first kappa shape index (κ1) is 28.1. The van der Waals surface area contributed by atoms with Crippen molar-refractivity contribution in [3.8, 4) is 0 Å². The fourth-order valence-electron chi connectivity index (χ4n) is 8.27. The lowest BCUT2D eigenvalue weighted by molar-refractivity contribution is -0.129. The van der Waals surface area contributed by atoms with Crippen LogP contribution in [0, 0.1) is 41.4 Å². The largest absolute Gasteiger partial charge is 0.274 e. The summed E-state index contributed by atoms with van der Waals surface area (Å²) >= 11 is 24.8. The summed E-state index contributed by atoms with van der Waals surface area (Å²) in [6.07, 6.45) is 4.34. The SMILES string of the molecule is O=C1C2CC(c3ccccc3)=C3C4C=CC(C5C(=O)N(c6ccc(Cl)c(Cl)c6)C(=O)C45)C3C2C(=O)N1c1ccc(Cl)c(Cl)c1. The monoisotopic (exact) mass is 662 g/mol. The summed E-state index contributed by atoms with van der Waals surface area (Å²) in [5.74, 6) is -5.21. The number of amides is 4. The van der Waals surface area contributed by atoms with Crippen LogP contribution in [0.5, 0.6) is 0 Å². The van der Waals surface area contributed by atoms with Crippen molar-refractivity contribution in [3.63, 3.8) is 0 Å². The number of anilines is 2. The van der Waals surface area contributed by atoms with E-state index in [-0.39, 0.29) is 33.7 Å². The molecule has 3 fully saturated rings. The van der Waals surface area contributed by atoms with Gasteiger partial charge in [0.15, 0.2) is 0 Å². The van der Waals surface area contributed by atoms with E-state index in [0.29, 0.717) is 27.8 Å². The summed E-state index contributed by atoms with van der Waals surface area (Å²) in [5, 5.41) is 1.12. The third-order valence-corrected chi connectivity index (χ3v) is 11.4. The molecule has 0 aromatic heterocycles. The standard InChI is InChI=1S/C34H22Cl4N2O4/c35-22-10-6-16(12-24(22)37)39-31(41)21-14-20(15-4-2-1-3-5-15)26-18-8-9-19(27(26)30(21)34(39)44)29-28(18)32(42)40(33(29)43)17-7-11-23(36)25(38)13-17/h1-13,18-19,21,27-30H,14H2. The summed E-state index contributed by atoms with van der Waals surface area (Å²) in [4.78, 5) is 59.1. The maximum absolute atomic E-state index is 14.3. The topological polar surface area (TPSA) is 74.8 Å². The van der Waals surface area contributed by atoms with Gasteiger partial charge in [-0.1, -0.05) is 94.5 Å². The second kappa shape index (κ2) is 10.0. The maximum Gasteiger partial charge on any atom is 0.238 e. The molecule has 2 aliphatic heterocycles. The van der Waals surface area contributed by atoms with Crippen molar-refractivity contribution in [2.24, 2.45) is 41.4 Å². The second-order valence-corrected chi connectivity index (χ2v) is 13.6. The lowest BCUT2D eigenvalue weighted by Crippen LogP contribution is -2.51. The Bertz CT molecular complexity index is 1890. The van der Waals surface area contributed by atoms with Crippen LogP contribution in [0.1, 0.15) is 12.0 Å². The van der Waals surface area contributed by atoms with Crippen LogP contribution in [0.4, 0.5) is 11.4 Å². The number of benzene rings is 3. The Hall–Kier alpha value is -3.42. The van der Waals surface area contributed by atoms with Crippen molar-refractivity contribution in [2.45, 2.75) is 6.42 Å². The minimum atomic E-state index is -0.695. The maximum atomic E-state index is 14.3. The predicted octanol–water partition coefficient (Wildman–Crippen LogP) is 7.50. The van der Waals surface area contributed by atoms with Crippen LogP contribution in [0.25, 0.3) is 5.57 Å². The molecule has 6 aliphatic rings. The van der Waals surface area contributed by atoms with Gasteiger partial charge in [-0.3, -0.25) is 19.2 Å². The first-order valence-corrected chi connectivity index (χ1v) is 15.8. The Balaban J connectivity index is 1.28. The first-order valence-electron chi connectivity index (χ1n) is 14.3. The molecule has 1 saturated carbocycles. The van der Waals surface area contributed by atoms with Crippen molar-refractivity contribution < 1.29 is 19.2 Å². The van der Waals surface area contributed by atoms with Gasteiger partial charge in [0.2, 0.25) is 23.6 Å². The molecule has 7 unspecified atom stereocenters. The molecule has 2 heterocycles. The normalized spacial score (nSPS) is 30.3. The van der Waals surface area contributed by atoms with Crippen molar-refractivity contribution in [2.75, 3.05) is 9.80 Å². The summed E-state index contributed by atoms with van der Waals surface area (Å²) < 4.78 is 0. The van der Waals surface area contributed by atoms with Crippen LogP contribution in [0.15, 0.2) is 84.5 Å². The number of imide groups is 2. The molecule has 44 heavy (non-hydrogen) atoms. The molecular formula is C34H22Cl4N2O4. The molecule has 4 aliphatic carbocycles. The Morgan fingerprint density at radius 1 is 0.568 bits per heavy atom. The van der Waals surface area contributed by atoms with Crippen molar-refractivity contribution in [1.29, 1.82) is 0 Å². The molecule has 220 valence electrons. The van der Waals surface area contributed by atoms with Crippen molar-refractivity contribution in [1.82, 2.24) is 0 Å². The van der Waals surface area contributed by atoms with Gasteiger partial charge in [0.25, 0.3) is 0 Å². The molecule has 10 heteroatoms. The van der Waals surface area contributed by atoms with Crippen LogP contribution in [-0.4, -0.2) is 23.6 Å². The molecule has 2 bridgehead atoms. The quantitative estimate of drug-likeness (QED) is 0.215. The summed E-state index contributed by atoms with van der Waals surface area (Å²) in [6.45, 7) is 0. The van der Waals surface area contributed by atoms with E-state index in [4.69, 9.17) is 46.4 Å². The zero-order chi connectivity index (χ0) is 30.6. The number of hydrogen-bond donors (Lipinski definition) is 0. The van der Waals surface area contributed by atoms with E-state index in [1.165, 1.54) is 21.9 Å². The molecule has 0 radical (unpaired) electrons. The van der Waals surface area contributed by atoms with Gasteiger partial charge in [-0.2, -0.15) is 0 Å². The first-order chi connectivity index (χ1) is 21.2. The second-order valence-electron chi connectivity index (χ2n) is 11.9. The highest BCUT2D eigenvalue weighted by Crippen LogP contribution is 2.63.